The molecule has 0 aliphatic rings. The van der Waals surface area contributed by atoms with Gasteiger partial charge in [0.25, 0.3) is 5.91 Å². The van der Waals surface area contributed by atoms with Crippen LogP contribution in [-0.2, 0) is 28.9 Å². The van der Waals surface area contributed by atoms with Crippen LogP contribution in [0.1, 0.15) is 27.6 Å². The molecule has 130 valence electrons. The summed E-state index contributed by atoms with van der Waals surface area (Å²) in [5.74, 6) is 1.65. The van der Waals surface area contributed by atoms with Gasteiger partial charge in [0.1, 0.15) is 11.5 Å². The Labute approximate surface area is 152 Å². The first kappa shape index (κ1) is 17.5. The van der Waals surface area contributed by atoms with Gasteiger partial charge >= 0.3 is 0 Å². The second-order valence-electron chi connectivity index (χ2n) is 5.38. The fraction of sp³-hybridized carbons (Fsp3) is 0.167. The number of furan rings is 2. The van der Waals surface area contributed by atoms with Crippen molar-refractivity contribution in [1.82, 2.24) is 5.32 Å². The van der Waals surface area contributed by atoms with E-state index < -0.39 is 10.8 Å². The highest BCUT2D eigenvalue weighted by Gasteiger charge is 2.13. The number of halogens is 1. The summed E-state index contributed by atoms with van der Waals surface area (Å²) < 4.78 is 22.9. The van der Waals surface area contributed by atoms with E-state index in [9.17, 15) is 9.00 Å². The van der Waals surface area contributed by atoms with Crippen LogP contribution in [-0.4, -0.2) is 10.1 Å². The van der Waals surface area contributed by atoms with Gasteiger partial charge in [-0.15, -0.1) is 0 Å². The van der Waals surface area contributed by atoms with Gasteiger partial charge in [-0.1, -0.05) is 23.7 Å². The van der Waals surface area contributed by atoms with Gasteiger partial charge in [-0.05, 0) is 42.0 Å². The Morgan fingerprint density at radius 2 is 1.84 bits per heavy atom. The van der Waals surface area contributed by atoms with Gasteiger partial charge in [0.15, 0.2) is 5.76 Å². The molecule has 25 heavy (non-hydrogen) atoms. The van der Waals surface area contributed by atoms with Crippen molar-refractivity contribution in [1.29, 1.82) is 0 Å². The molecule has 5 nitrogen and oxygen atoms in total. The molecule has 1 amide bonds. The quantitative estimate of drug-likeness (QED) is 0.677. The smallest absolute Gasteiger partial charge is 0.287 e. The first-order chi connectivity index (χ1) is 12.1. The molecule has 3 rings (SSSR count). The Morgan fingerprint density at radius 3 is 2.56 bits per heavy atom. The van der Waals surface area contributed by atoms with E-state index in [1.165, 1.54) is 0 Å². The van der Waals surface area contributed by atoms with Crippen molar-refractivity contribution in [2.45, 2.75) is 18.1 Å². The molecule has 1 atom stereocenters. The van der Waals surface area contributed by atoms with Crippen LogP contribution in [0, 0.1) is 0 Å². The fourth-order valence-corrected chi connectivity index (χ4v) is 3.49. The van der Waals surface area contributed by atoms with Crippen LogP contribution in [0.3, 0.4) is 0 Å². The summed E-state index contributed by atoms with van der Waals surface area (Å²) in [6.45, 7) is 0.282. The molecule has 0 aliphatic heterocycles. The number of hydrogen-bond acceptors (Lipinski definition) is 4. The molecule has 1 N–H and O–H groups in total. The summed E-state index contributed by atoms with van der Waals surface area (Å²) in [6.07, 6.45) is 1.54. The van der Waals surface area contributed by atoms with Crippen LogP contribution in [0.25, 0.3) is 0 Å². The van der Waals surface area contributed by atoms with E-state index >= 15 is 0 Å². The Kier molecular flexibility index (Phi) is 5.73. The Balaban J connectivity index is 1.52. The monoisotopic (exact) mass is 377 g/mol. The highest BCUT2D eigenvalue weighted by Crippen LogP contribution is 2.15. The van der Waals surface area contributed by atoms with Crippen LogP contribution >= 0.6 is 11.6 Å². The van der Waals surface area contributed by atoms with Gasteiger partial charge in [0.05, 0.1) is 18.6 Å². The second kappa shape index (κ2) is 8.18. The topological polar surface area (TPSA) is 72.5 Å². The number of nitrogens with one attached hydrogen (secondary N) is 1. The van der Waals surface area contributed by atoms with E-state index in [4.69, 9.17) is 20.4 Å². The molecule has 0 aliphatic carbocycles. The largest absolute Gasteiger partial charge is 0.467 e. The lowest BCUT2D eigenvalue weighted by Crippen LogP contribution is -2.21. The minimum Gasteiger partial charge on any atom is -0.467 e. The minimum atomic E-state index is -1.14. The summed E-state index contributed by atoms with van der Waals surface area (Å²) in [7, 11) is -1.14. The third kappa shape index (κ3) is 5.08. The van der Waals surface area contributed by atoms with Crippen LogP contribution in [0.2, 0.25) is 5.02 Å². The molecular weight excluding hydrogens is 362 g/mol. The molecule has 0 radical (unpaired) electrons. The van der Waals surface area contributed by atoms with Gasteiger partial charge in [-0.3, -0.25) is 9.00 Å². The van der Waals surface area contributed by atoms with Gasteiger partial charge in [0, 0.05) is 21.6 Å². The van der Waals surface area contributed by atoms with Gasteiger partial charge in [0.2, 0.25) is 0 Å². The molecule has 7 heteroatoms. The first-order valence-electron chi connectivity index (χ1n) is 7.59. The maximum Gasteiger partial charge on any atom is 0.287 e. The molecule has 0 spiro atoms. The molecule has 2 aromatic heterocycles. The maximum atomic E-state index is 12.2. The Bertz CT molecular complexity index is 856. The highest BCUT2D eigenvalue weighted by atomic mass is 35.5. The van der Waals surface area contributed by atoms with Crippen molar-refractivity contribution < 1.29 is 17.8 Å². The summed E-state index contributed by atoms with van der Waals surface area (Å²) >= 11 is 5.83. The van der Waals surface area contributed by atoms with Crippen molar-refractivity contribution in [3.05, 3.63) is 82.7 Å². The average Bonchev–Trinajstić information content (AvgIpc) is 3.26. The second-order valence-corrected chi connectivity index (χ2v) is 7.28. The summed E-state index contributed by atoms with van der Waals surface area (Å²) in [5, 5.41) is 3.34. The fourth-order valence-electron chi connectivity index (χ4n) is 2.22. The van der Waals surface area contributed by atoms with Crippen LogP contribution in [0.5, 0.6) is 0 Å². The van der Waals surface area contributed by atoms with Gasteiger partial charge in [-0.2, -0.15) is 0 Å². The molecular formula is C18H16ClNO4S. The molecule has 0 saturated heterocycles. The normalized spacial score (nSPS) is 12.0. The number of benzene rings is 1. The Hall–Kier alpha value is -2.31. The number of amides is 1. The zero-order chi connectivity index (χ0) is 17.6. The van der Waals surface area contributed by atoms with Crippen molar-refractivity contribution in [2.24, 2.45) is 0 Å². The lowest BCUT2D eigenvalue weighted by atomic mass is 10.2. The van der Waals surface area contributed by atoms with E-state index in [1.54, 1.807) is 42.7 Å². The van der Waals surface area contributed by atoms with E-state index in [0.29, 0.717) is 22.3 Å². The minimum absolute atomic E-state index is 0.185. The van der Waals surface area contributed by atoms with Gasteiger partial charge < -0.3 is 14.2 Å². The summed E-state index contributed by atoms with van der Waals surface area (Å²) in [5.41, 5.74) is 0.936. The lowest BCUT2D eigenvalue weighted by Gasteiger charge is -2.02. The van der Waals surface area contributed by atoms with Crippen LogP contribution in [0.4, 0.5) is 0 Å². The van der Waals surface area contributed by atoms with Crippen molar-refractivity contribution in [3.63, 3.8) is 0 Å². The molecule has 1 aromatic carbocycles. The van der Waals surface area contributed by atoms with Crippen molar-refractivity contribution >= 4 is 28.3 Å². The number of hydrogen-bond donors (Lipinski definition) is 1. The molecule has 0 saturated carbocycles. The number of rotatable bonds is 7. The number of carbonyl (C=O) groups excluding carboxylic acids is 1. The number of carbonyl (C=O) groups is 1. The van der Waals surface area contributed by atoms with E-state index in [1.807, 2.05) is 12.1 Å². The predicted octanol–water partition coefficient (Wildman–Crippen LogP) is 3.90. The Morgan fingerprint density at radius 1 is 1.04 bits per heavy atom. The van der Waals surface area contributed by atoms with E-state index in [-0.39, 0.29) is 24.0 Å². The van der Waals surface area contributed by atoms with E-state index in [2.05, 4.69) is 5.32 Å². The van der Waals surface area contributed by atoms with Crippen molar-refractivity contribution in [3.8, 4) is 0 Å². The third-order valence-electron chi connectivity index (χ3n) is 3.43. The summed E-state index contributed by atoms with van der Waals surface area (Å²) in [4.78, 5) is 12.0. The van der Waals surface area contributed by atoms with E-state index in [0.717, 1.165) is 5.56 Å². The molecule has 2 heterocycles. The average molecular weight is 378 g/mol. The van der Waals surface area contributed by atoms with Crippen molar-refractivity contribution in [2.75, 3.05) is 0 Å². The lowest BCUT2D eigenvalue weighted by molar-refractivity contribution is 0.0919. The first-order valence-corrected chi connectivity index (χ1v) is 9.45. The van der Waals surface area contributed by atoms with Crippen LogP contribution in [0.15, 0.2) is 63.6 Å². The van der Waals surface area contributed by atoms with Crippen LogP contribution < -0.4 is 5.32 Å². The zero-order valence-electron chi connectivity index (χ0n) is 13.2. The third-order valence-corrected chi connectivity index (χ3v) is 4.95. The maximum absolute atomic E-state index is 12.2. The highest BCUT2D eigenvalue weighted by molar-refractivity contribution is 7.83. The summed E-state index contributed by atoms with van der Waals surface area (Å²) in [6, 6.07) is 14.0. The standard InChI is InChI=1S/C18H16ClNO4S/c19-14-5-3-13(4-6-14)11-25(22)12-16-7-8-17(24-16)18(21)20-10-15-2-1-9-23-15/h1-9H,10-12H2,(H,20,21)/t25-/m0/s1. The zero-order valence-corrected chi connectivity index (χ0v) is 14.8. The molecule has 0 fully saturated rings. The van der Waals surface area contributed by atoms with Gasteiger partial charge in [-0.25, -0.2) is 0 Å². The molecule has 0 unspecified atom stereocenters. The SMILES string of the molecule is O=C(NCc1ccco1)c1ccc(C[S@@](=O)Cc2ccc(Cl)cc2)o1. The predicted molar refractivity (Wildman–Crippen MR) is 95.6 cm³/mol. The molecule has 0 bridgehead atoms. The molecule has 3 aromatic rings.